The average Bonchev–Trinajstić information content (AvgIpc) is 1.18. The smallest absolute Gasteiger partial charge is 0.364 e. The van der Waals surface area contributed by atoms with Crippen molar-refractivity contribution in [2.75, 3.05) is 58.3 Å². The molecule has 0 bridgehead atoms. The van der Waals surface area contributed by atoms with E-state index in [0.29, 0.717) is 25.7 Å². The first-order chi connectivity index (χ1) is 60.2. The molecule has 51 nitrogen and oxygen atoms in total. The number of thioether (sulfide) groups is 1. The molecule has 7 rings (SSSR count). The van der Waals surface area contributed by atoms with Crippen LogP contribution in [0.5, 0.6) is 0 Å². The second-order valence-corrected chi connectivity index (χ2v) is 34.3. The molecular formula is C76H123N19O32S. The molecule has 7 saturated heterocycles. The number of nitrogens with two attached hydrogens (primary N) is 3. The summed E-state index contributed by atoms with van der Waals surface area (Å²) in [5.41, 5.74) is 17.0. The van der Waals surface area contributed by atoms with E-state index in [1.165, 1.54) is 20.8 Å². The van der Waals surface area contributed by atoms with Crippen LogP contribution in [-0.4, -0.2) is 399 Å². The van der Waals surface area contributed by atoms with Gasteiger partial charge in [0.1, 0.15) is 109 Å². The number of aliphatic carboxylic acids is 3. The summed E-state index contributed by atoms with van der Waals surface area (Å²) >= 11 is 1.69. The van der Waals surface area contributed by atoms with Gasteiger partial charge >= 0.3 is 23.9 Å². The number of carbonyl (C=O) groups excluding carboxylic acids is 14. The fraction of sp³-hybridized carbons (Fsp3) is 0.763. The molecule has 0 spiro atoms. The summed E-state index contributed by atoms with van der Waals surface area (Å²) in [4.78, 5) is 238. The highest BCUT2D eigenvalue weighted by Gasteiger charge is 2.57. The van der Waals surface area contributed by atoms with Gasteiger partial charge in [0.25, 0.3) is 5.79 Å². The normalized spacial score (nSPS) is 27.7. The number of carboxylic acid groups (broad SMARTS) is 3. The molecule has 7 aliphatic rings. The van der Waals surface area contributed by atoms with Crippen molar-refractivity contribution >= 4 is 118 Å². The first-order valence-electron chi connectivity index (χ1n) is 42.2. The predicted octanol–water partition coefficient (Wildman–Crippen LogP) is -12.3. The van der Waals surface area contributed by atoms with Gasteiger partial charge in [0.15, 0.2) is 12.2 Å². The van der Waals surface area contributed by atoms with Crippen LogP contribution in [-0.2, 0) is 95.7 Å². The highest BCUT2D eigenvalue weighted by Crippen LogP contribution is 2.36. The summed E-state index contributed by atoms with van der Waals surface area (Å²) in [6, 6.07) is -22.0. The van der Waals surface area contributed by atoms with Gasteiger partial charge in [-0.2, -0.15) is 11.8 Å². The van der Waals surface area contributed by atoms with Crippen molar-refractivity contribution in [3.05, 3.63) is 0 Å². The van der Waals surface area contributed by atoms with Crippen LogP contribution >= 0.6 is 11.8 Å². The Morgan fingerprint density at radius 2 is 1.22 bits per heavy atom. The molecule has 0 unspecified atom stereocenters. The van der Waals surface area contributed by atoms with Crippen LogP contribution in [0.4, 0.5) is 4.79 Å². The number of hydrogen-bond donors (Lipinski definition) is 26. The maximum atomic E-state index is 14.9. The number of guanidine groups is 1. The Morgan fingerprint density at radius 3 is 1.80 bits per heavy atom. The van der Waals surface area contributed by atoms with Gasteiger partial charge < -0.3 is 171 Å². The molecule has 15 amide bonds. The number of hydrogen-bond acceptors (Lipinski definition) is 32. The highest BCUT2D eigenvalue weighted by molar-refractivity contribution is 8.00. The van der Waals surface area contributed by atoms with Crippen LogP contribution in [0.2, 0.25) is 0 Å². The van der Waals surface area contributed by atoms with E-state index < -0.39 is 285 Å². The molecule has 128 heavy (non-hydrogen) atoms. The maximum Gasteiger partial charge on any atom is 0.364 e. The number of nitrogens with zero attached hydrogens (tertiary/aromatic N) is 4. The number of likely N-dealkylation sites (tertiary alicyclic amines) is 3. The predicted molar refractivity (Wildman–Crippen MR) is 439 cm³/mol. The highest BCUT2D eigenvalue weighted by atomic mass is 32.2. The van der Waals surface area contributed by atoms with E-state index in [2.05, 4.69) is 68.8 Å². The van der Waals surface area contributed by atoms with Gasteiger partial charge in [-0.1, -0.05) is 20.3 Å². The molecule has 0 aromatic heterocycles. The van der Waals surface area contributed by atoms with Gasteiger partial charge in [-0.15, -0.1) is 0 Å². The number of fused-ring (bicyclic) bond motifs is 1. The van der Waals surface area contributed by atoms with Gasteiger partial charge in [-0.3, -0.25) is 72.1 Å². The summed E-state index contributed by atoms with van der Waals surface area (Å²) in [7, 11) is 0. The Balaban J connectivity index is 1.05. The maximum absolute atomic E-state index is 14.9. The lowest BCUT2D eigenvalue weighted by Crippen LogP contribution is -2.68. The van der Waals surface area contributed by atoms with Crippen LogP contribution in [0.25, 0.3) is 0 Å². The van der Waals surface area contributed by atoms with Crippen LogP contribution in [0.3, 0.4) is 0 Å². The van der Waals surface area contributed by atoms with Gasteiger partial charge in [-0.25, -0.2) is 14.4 Å². The Kier molecular flexibility index (Phi) is 39.3. The van der Waals surface area contributed by atoms with Gasteiger partial charge in [-0.05, 0) is 97.8 Å². The lowest BCUT2D eigenvalue weighted by Gasteiger charge is -2.47. The number of aliphatic imine (C=N–C) groups is 1. The van der Waals surface area contributed by atoms with E-state index in [9.17, 15) is 138 Å². The lowest BCUT2D eigenvalue weighted by molar-refractivity contribution is -0.331. The molecule has 0 radical (unpaired) electrons. The summed E-state index contributed by atoms with van der Waals surface area (Å²) in [5, 5.41) is 146. The minimum atomic E-state index is -2.99. The number of unbranched alkanes of at least 4 members (excludes halogenated alkanes) is 1. The van der Waals surface area contributed by atoms with E-state index in [-0.39, 0.29) is 107 Å². The molecule has 0 aliphatic carbocycles. The Hall–Kier alpha value is -10.1. The largest absolute Gasteiger partial charge is 0.481 e. The third kappa shape index (κ3) is 28.0. The van der Waals surface area contributed by atoms with Crippen molar-refractivity contribution in [3.8, 4) is 0 Å². The summed E-state index contributed by atoms with van der Waals surface area (Å²) < 4.78 is 23.4. The number of carbonyl (C=O) groups is 17. The summed E-state index contributed by atoms with van der Waals surface area (Å²) in [6.45, 7) is 4.15. The quantitative estimate of drug-likeness (QED) is 0.0116. The van der Waals surface area contributed by atoms with E-state index in [0.717, 1.165) is 48.1 Å². The third-order valence-corrected chi connectivity index (χ3v) is 24.5. The number of nitrogens with one attached hydrogen (secondary N) is 12. The van der Waals surface area contributed by atoms with E-state index in [1.54, 1.807) is 11.8 Å². The van der Waals surface area contributed by atoms with E-state index in [1.807, 2.05) is 0 Å². The molecule has 7 heterocycles. The molecule has 29 N–H and O–H groups in total. The number of carboxylic acids is 3. The second kappa shape index (κ2) is 48.0. The number of ether oxygens (including phenoxy) is 4. The summed E-state index contributed by atoms with van der Waals surface area (Å²) in [5.74, 6) is -21.6. The topological polar surface area (TPSA) is 794 Å². The standard InChI is InChI=1S/C76H123N19O32S/c1-31(2)52(89-49(103)26-81-48(102)19-9-8-18-47-55-40(30-128-47)88-75(123)92-55)65(113)91-54(35(6)125-72-56(84-36(7)99)59(108)58(107)46(126-72)29-124-76(73(121)122)25-44(100)51(77)60(127-76)57(106)45(101)28-97)67(115)87-39(27-96)62(110)82-32(3)68(116)93-21-11-16-42(93)64(112)86-38(24-50(104)105)61(109)90-53(34(5)98)66(114)85-37(14-10-20-80-74(78)79)70(118)94-22-12-15-41(94)63(111)83-33(4)69(117)95-23-13-17-43(95)71(119)120/h31-35,37-47,51-60,72,96-98,100-101,106-108H,8-30,77H2,1-7H3,(H,81,102)(H,82,110)(H,83,111)(H,84,99)(H,85,114)(H,86,112)(H,87,115)(H,89,103)(H,90,109)(H,91,113)(H,104,105)(H,119,120)(H,121,122)(H4,78,79,80)(H2,88,92,123)/t32-,33-,34+,35+,37-,38-,39-,40-,41-,42-,43-,44-,45+,46+,47-,51+,52-,53-,54-,55-,56+,57+,58-,59+,60+,72-,76+/m0/s1. The van der Waals surface area contributed by atoms with Crippen LogP contribution < -0.4 is 81.0 Å². The van der Waals surface area contributed by atoms with Crippen LogP contribution in [0.1, 0.15) is 138 Å². The van der Waals surface area contributed by atoms with E-state index >= 15 is 0 Å². The lowest BCUT2D eigenvalue weighted by atomic mass is 9.89. The minimum absolute atomic E-state index is 0.000506. The number of rotatable bonds is 46. The molecule has 0 aromatic carbocycles. The second-order valence-electron chi connectivity index (χ2n) is 33.1. The van der Waals surface area contributed by atoms with Crippen molar-refractivity contribution in [2.45, 2.75) is 301 Å². The van der Waals surface area contributed by atoms with Crippen LogP contribution in [0, 0.1) is 5.92 Å². The Morgan fingerprint density at radius 1 is 0.648 bits per heavy atom. The summed E-state index contributed by atoms with van der Waals surface area (Å²) in [6.07, 6.45) is -19.8. The molecule has 0 aromatic rings. The zero-order chi connectivity index (χ0) is 95.2. The Bertz CT molecular complexity index is 4010. The first kappa shape index (κ1) is 105. The fourth-order valence-electron chi connectivity index (χ4n) is 16.0. The first-order valence-corrected chi connectivity index (χ1v) is 43.3. The number of amides is 15. The van der Waals surface area contributed by atoms with Crippen molar-refractivity contribution in [3.63, 3.8) is 0 Å². The minimum Gasteiger partial charge on any atom is -0.481 e. The molecule has 7 aliphatic heterocycles. The molecule has 27 atom stereocenters. The Labute approximate surface area is 738 Å². The fourth-order valence-corrected chi connectivity index (χ4v) is 17.6. The molecular weight excluding hydrogens is 1720 g/mol. The van der Waals surface area contributed by atoms with Crippen molar-refractivity contribution in [2.24, 2.45) is 28.1 Å². The monoisotopic (exact) mass is 1850 g/mol. The third-order valence-electron chi connectivity index (χ3n) is 23.0. The van der Waals surface area contributed by atoms with E-state index in [4.69, 9.17) is 36.1 Å². The van der Waals surface area contributed by atoms with Gasteiger partial charge in [0, 0.05) is 56.9 Å². The SMILES string of the molecule is CC(=O)N[C@H]1[C@@H](O[C@H](C)[C@H](NC(=O)[C@@H](NC(=O)CNC(=O)CCCC[C@@H]2SC[C@@H]3NC(=O)N[C@@H]32)C(C)C)C(=O)N[C@@H](CO)C(=O)N[C@@H](C)C(=O)N2CCC[C@H]2C(=O)N[C@@H](CC(=O)O)C(=O)N[C@H](C(=O)N[C@@H](CCCN=C(N)N)C(=O)N2CCC[C@H]2C(=O)N[C@@H](C)C(=O)N2CCC[C@H]2C(=O)O)[C@@H](C)O)O[C@H](CO[C@]2(C(=O)O)C[C@H](O)[C@@H](N)[C@H]([C@H](O)[C@H](O)CO)O2)[C@H](O)[C@@H]1O. The molecule has 720 valence electrons. The van der Waals surface area contributed by atoms with Crippen molar-refractivity contribution in [1.82, 2.24) is 78.5 Å². The van der Waals surface area contributed by atoms with Crippen LogP contribution in [0.15, 0.2) is 4.99 Å². The molecule has 52 heteroatoms. The number of aliphatic hydroxyl groups is 8. The number of aliphatic hydroxyl groups excluding tert-OH is 8. The average molecular weight is 1850 g/mol. The zero-order valence-electron chi connectivity index (χ0n) is 71.8. The molecule has 0 saturated carbocycles. The van der Waals surface area contributed by atoms with Gasteiger partial charge in [0.05, 0.1) is 69.2 Å². The number of urea groups is 1. The van der Waals surface area contributed by atoms with Crippen molar-refractivity contribution < 1.29 is 157 Å². The zero-order valence-corrected chi connectivity index (χ0v) is 72.6. The van der Waals surface area contributed by atoms with Gasteiger partial charge in [0.2, 0.25) is 76.8 Å². The molecule has 7 fully saturated rings. The van der Waals surface area contributed by atoms with Crippen molar-refractivity contribution in [1.29, 1.82) is 0 Å².